The third-order valence-electron chi connectivity index (χ3n) is 3.66. The lowest BCUT2D eigenvalue weighted by Gasteiger charge is -2.46. The lowest BCUT2D eigenvalue weighted by molar-refractivity contribution is -0.145. The highest BCUT2D eigenvalue weighted by molar-refractivity contribution is 7.80. The molecule has 0 aromatic rings. The molecule has 0 radical (unpaired) electrons. The van der Waals surface area contributed by atoms with Gasteiger partial charge in [-0.15, -0.1) is 0 Å². The van der Waals surface area contributed by atoms with Gasteiger partial charge in [-0.1, -0.05) is 19.1 Å². The first kappa shape index (κ1) is 14.4. The maximum atomic E-state index is 12.5. The summed E-state index contributed by atoms with van der Waals surface area (Å²) >= 11 is 5.08. The van der Waals surface area contributed by atoms with Gasteiger partial charge in [-0.05, 0) is 25.7 Å². The second kappa shape index (κ2) is 5.31. The molecule has 1 unspecified atom stereocenters. The number of likely N-dealkylation sites (N-methyl/N-ethyl adjacent to an activating group) is 1. The Morgan fingerprint density at radius 1 is 1.65 bits per heavy atom. The van der Waals surface area contributed by atoms with Crippen LogP contribution in [0.2, 0.25) is 0 Å². The summed E-state index contributed by atoms with van der Waals surface area (Å²) in [7, 11) is 3.42. The van der Waals surface area contributed by atoms with E-state index in [0.29, 0.717) is 17.5 Å². The fraction of sp³-hybridized carbons (Fsp3) is 0.833. The standard InChI is InChI=1S/C12H22N2O2S/c1-8-5-12(6-8,10(13)17)11(15)14(3)9(2)7-16-4/h8-9H,5-7H2,1-4H3,(H2,13,17). The van der Waals surface area contributed by atoms with Gasteiger partial charge in [-0.25, -0.2) is 0 Å². The van der Waals surface area contributed by atoms with Crippen molar-refractivity contribution in [2.75, 3.05) is 20.8 Å². The van der Waals surface area contributed by atoms with Gasteiger partial charge in [-0.2, -0.15) is 0 Å². The van der Waals surface area contributed by atoms with Crippen molar-refractivity contribution in [2.24, 2.45) is 17.1 Å². The number of methoxy groups -OCH3 is 1. The Hall–Kier alpha value is -0.680. The maximum Gasteiger partial charge on any atom is 0.235 e. The van der Waals surface area contributed by atoms with E-state index in [0.717, 1.165) is 12.8 Å². The van der Waals surface area contributed by atoms with E-state index in [1.54, 1.807) is 19.1 Å². The fourth-order valence-electron chi connectivity index (χ4n) is 2.50. The van der Waals surface area contributed by atoms with Crippen LogP contribution >= 0.6 is 12.2 Å². The number of nitrogens with zero attached hydrogens (tertiary/aromatic N) is 1. The van der Waals surface area contributed by atoms with Gasteiger partial charge in [0.1, 0.15) is 0 Å². The second-order valence-electron chi connectivity index (χ2n) is 5.18. The van der Waals surface area contributed by atoms with Crippen LogP contribution in [0, 0.1) is 11.3 Å². The normalized spacial score (nSPS) is 29.3. The summed E-state index contributed by atoms with van der Waals surface area (Å²) in [6.07, 6.45) is 1.54. The van der Waals surface area contributed by atoms with Crippen LogP contribution in [0.4, 0.5) is 0 Å². The van der Waals surface area contributed by atoms with Gasteiger partial charge in [0, 0.05) is 14.2 Å². The zero-order valence-corrected chi connectivity index (χ0v) is 11.8. The molecular formula is C12H22N2O2S. The van der Waals surface area contributed by atoms with Crippen molar-refractivity contribution in [1.82, 2.24) is 4.90 Å². The summed E-state index contributed by atoms with van der Waals surface area (Å²) in [6, 6.07) is 0.0367. The number of hydrogen-bond acceptors (Lipinski definition) is 3. The number of nitrogens with two attached hydrogens (primary N) is 1. The van der Waals surface area contributed by atoms with Crippen LogP contribution in [0.25, 0.3) is 0 Å². The van der Waals surface area contributed by atoms with E-state index < -0.39 is 5.41 Å². The number of hydrogen-bond donors (Lipinski definition) is 1. The van der Waals surface area contributed by atoms with E-state index in [1.807, 2.05) is 6.92 Å². The van der Waals surface area contributed by atoms with Gasteiger partial charge < -0.3 is 15.4 Å². The van der Waals surface area contributed by atoms with Crippen molar-refractivity contribution in [2.45, 2.75) is 32.7 Å². The van der Waals surface area contributed by atoms with Crippen molar-refractivity contribution < 1.29 is 9.53 Å². The smallest absolute Gasteiger partial charge is 0.235 e. The average Bonchev–Trinajstić information content (AvgIpc) is 2.22. The van der Waals surface area contributed by atoms with E-state index in [9.17, 15) is 4.79 Å². The summed E-state index contributed by atoms with van der Waals surface area (Å²) in [5, 5.41) is 0. The second-order valence-corrected chi connectivity index (χ2v) is 5.62. The van der Waals surface area contributed by atoms with Crippen LogP contribution in [0.5, 0.6) is 0 Å². The Bertz CT molecular complexity index is 314. The minimum atomic E-state index is -0.606. The van der Waals surface area contributed by atoms with Crippen molar-refractivity contribution in [3.63, 3.8) is 0 Å². The molecule has 1 aliphatic rings. The molecule has 0 aliphatic heterocycles. The van der Waals surface area contributed by atoms with Crippen LogP contribution in [0.3, 0.4) is 0 Å². The molecule has 1 fully saturated rings. The predicted octanol–water partition coefficient (Wildman–Crippen LogP) is 1.18. The Kier molecular flexibility index (Phi) is 4.49. The number of carbonyl (C=O) groups excluding carboxylic acids is 1. The third-order valence-corrected chi connectivity index (χ3v) is 4.06. The lowest BCUT2D eigenvalue weighted by Crippen LogP contribution is -2.58. The summed E-state index contributed by atoms with van der Waals surface area (Å²) in [4.78, 5) is 14.5. The first-order valence-electron chi connectivity index (χ1n) is 5.91. The maximum absolute atomic E-state index is 12.5. The predicted molar refractivity (Wildman–Crippen MR) is 71.7 cm³/mol. The van der Waals surface area contributed by atoms with Gasteiger partial charge in [-0.3, -0.25) is 4.79 Å². The molecule has 4 nitrogen and oxygen atoms in total. The van der Waals surface area contributed by atoms with E-state index in [-0.39, 0.29) is 11.9 Å². The van der Waals surface area contributed by atoms with Crippen LogP contribution in [0.15, 0.2) is 0 Å². The van der Waals surface area contributed by atoms with Crippen molar-refractivity contribution >= 4 is 23.1 Å². The van der Waals surface area contributed by atoms with E-state index in [1.165, 1.54) is 0 Å². The minimum Gasteiger partial charge on any atom is -0.392 e. The topological polar surface area (TPSA) is 55.6 Å². The highest BCUT2D eigenvalue weighted by Gasteiger charge is 2.52. The number of rotatable bonds is 5. The zero-order chi connectivity index (χ0) is 13.2. The Balaban J connectivity index is 2.76. The molecular weight excluding hydrogens is 236 g/mol. The average molecular weight is 258 g/mol. The van der Waals surface area contributed by atoms with Crippen LogP contribution in [0.1, 0.15) is 26.7 Å². The molecule has 0 saturated heterocycles. The third kappa shape index (κ3) is 2.60. The minimum absolute atomic E-state index is 0.0349. The summed E-state index contributed by atoms with van der Waals surface area (Å²) in [5.41, 5.74) is 5.15. The zero-order valence-electron chi connectivity index (χ0n) is 11.0. The lowest BCUT2D eigenvalue weighted by atomic mass is 9.61. The van der Waals surface area contributed by atoms with Crippen molar-refractivity contribution in [3.05, 3.63) is 0 Å². The van der Waals surface area contributed by atoms with Gasteiger partial charge in [0.05, 0.1) is 23.1 Å². The quantitative estimate of drug-likeness (QED) is 0.752. The van der Waals surface area contributed by atoms with Crippen molar-refractivity contribution in [3.8, 4) is 0 Å². The molecule has 17 heavy (non-hydrogen) atoms. The number of thiocarbonyl (C=S) groups is 1. The molecule has 0 bridgehead atoms. The van der Waals surface area contributed by atoms with Crippen LogP contribution in [-0.4, -0.2) is 42.6 Å². The monoisotopic (exact) mass is 258 g/mol. The number of ether oxygens (including phenoxy) is 1. The molecule has 0 spiro atoms. The SMILES string of the molecule is COCC(C)N(C)C(=O)C1(C(N)=S)CC(C)C1. The molecule has 1 rings (SSSR count). The highest BCUT2D eigenvalue weighted by Crippen LogP contribution is 2.47. The molecule has 1 aliphatic carbocycles. The van der Waals surface area contributed by atoms with Gasteiger partial charge in [0.25, 0.3) is 0 Å². The van der Waals surface area contributed by atoms with Crippen LogP contribution in [-0.2, 0) is 9.53 Å². The fourth-order valence-corrected chi connectivity index (χ4v) is 2.76. The van der Waals surface area contributed by atoms with Crippen molar-refractivity contribution in [1.29, 1.82) is 0 Å². The van der Waals surface area contributed by atoms with Gasteiger partial charge >= 0.3 is 0 Å². The van der Waals surface area contributed by atoms with E-state index in [2.05, 4.69) is 6.92 Å². The molecule has 2 N–H and O–H groups in total. The van der Waals surface area contributed by atoms with E-state index in [4.69, 9.17) is 22.7 Å². The van der Waals surface area contributed by atoms with Gasteiger partial charge in [0.15, 0.2) is 0 Å². The van der Waals surface area contributed by atoms with Gasteiger partial charge in [0.2, 0.25) is 5.91 Å². The summed E-state index contributed by atoms with van der Waals surface area (Å²) in [5.74, 6) is 0.555. The summed E-state index contributed by atoms with van der Waals surface area (Å²) < 4.78 is 5.06. The first-order chi connectivity index (χ1) is 7.85. The van der Waals surface area contributed by atoms with E-state index >= 15 is 0 Å². The molecule has 0 aromatic carbocycles. The Labute approximate surface area is 108 Å². The van der Waals surface area contributed by atoms with Crippen LogP contribution < -0.4 is 5.73 Å². The first-order valence-corrected chi connectivity index (χ1v) is 6.32. The Morgan fingerprint density at radius 2 is 2.18 bits per heavy atom. The largest absolute Gasteiger partial charge is 0.392 e. The molecule has 1 amide bonds. The molecule has 1 saturated carbocycles. The number of amides is 1. The number of carbonyl (C=O) groups is 1. The molecule has 1 atom stereocenters. The highest BCUT2D eigenvalue weighted by atomic mass is 32.1. The molecule has 0 aromatic heterocycles. The Morgan fingerprint density at radius 3 is 2.53 bits per heavy atom. The molecule has 0 heterocycles. The molecule has 98 valence electrons. The summed E-state index contributed by atoms with van der Waals surface area (Å²) in [6.45, 7) is 4.59. The molecule has 5 heteroatoms.